The van der Waals surface area contributed by atoms with Crippen molar-refractivity contribution in [2.24, 2.45) is 0 Å². The third-order valence-electron chi connectivity index (χ3n) is 6.68. The molecule has 0 amide bonds. The van der Waals surface area contributed by atoms with E-state index < -0.39 is 11.4 Å². The van der Waals surface area contributed by atoms with Gasteiger partial charge in [0.1, 0.15) is 4.75 Å². The zero-order chi connectivity index (χ0) is 26.2. The fraction of sp³-hybridized carbons (Fsp3) is 0.516. The number of benzene rings is 2. The van der Waals surface area contributed by atoms with Crippen molar-refractivity contribution in [2.75, 3.05) is 0 Å². The van der Waals surface area contributed by atoms with Gasteiger partial charge in [-0.15, -0.1) is 4.72 Å². The maximum Gasteiger partial charge on any atom is 0.136 e. The number of hydrogen-bond acceptors (Lipinski definition) is 3. The molecule has 0 fully saturated rings. The molecule has 0 aliphatic carbocycles. The van der Waals surface area contributed by atoms with E-state index in [1.54, 1.807) is 0 Å². The Balaban J connectivity index is 2.21. The second-order valence-corrected chi connectivity index (χ2v) is 14.8. The van der Waals surface area contributed by atoms with E-state index in [1.165, 1.54) is 16.7 Å². The predicted octanol–water partition coefficient (Wildman–Crippen LogP) is 8.12. The van der Waals surface area contributed by atoms with Crippen LogP contribution in [0.15, 0.2) is 54.6 Å². The largest absolute Gasteiger partial charge is 0.598 e. The average molecular weight is 493 g/mol. The summed E-state index contributed by atoms with van der Waals surface area (Å²) >= 11 is -1.22. The molecule has 3 aromatic rings. The van der Waals surface area contributed by atoms with Gasteiger partial charge in [0.2, 0.25) is 0 Å². The van der Waals surface area contributed by atoms with Crippen molar-refractivity contribution in [1.29, 1.82) is 0 Å². The van der Waals surface area contributed by atoms with E-state index >= 15 is 0 Å². The van der Waals surface area contributed by atoms with Gasteiger partial charge in [0.25, 0.3) is 0 Å². The lowest BCUT2D eigenvalue weighted by atomic mass is 9.77. The lowest BCUT2D eigenvalue weighted by molar-refractivity contribution is 0.462. The van der Waals surface area contributed by atoms with Crippen LogP contribution in [0.4, 0.5) is 0 Å². The summed E-state index contributed by atoms with van der Waals surface area (Å²) in [5.74, 6) is 0.0777. The fourth-order valence-electron chi connectivity index (χ4n) is 4.28. The highest BCUT2D eigenvalue weighted by Crippen LogP contribution is 2.39. The Morgan fingerprint density at radius 1 is 0.829 bits per heavy atom. The minimum Gasteiger partial charge on any atom is -0.598 e. The van der Waals surface area contributed by atoms with E-state index in [0.29, 0.717) is 0 Å². The Morgan fingerprint density at radius 3 is 1.91 bits per heavy atom. The van der Waals surface area contributed by atoms with Crippen LogP contribution in [0, 0.1) is 0 Å². The van der Waals surface area contributed by atoms with Crippen LogP contribution in [0.3, 0.4) is 0 Å². The molecule has 1 aromatic heterocycles. The first-order chi connectivity index (χ1) is 16.1. The van der Waals surface area contributed by atoms with Crippen LogP contribution in [0.5, 0.6) is 0 Å². The van der Waals surface area contributed by atoms with Crippen molar-refractivity contribution < 1.29 is 4.55 Å². The zero-order valence-corrected chi connectivity index (χ0v) is 24.1. The van der Waals surface area contributed by atoms with Crippen molar-refractivity contribution in [2.45, 2.75) is 103 Å². The molecular weight excluding hydrogens is 448 g/mol. The first-order valence-corrected chi connectivity index (χ1v) is 14.0. The van der Waals surface area contributed by atoms with E-state index in [2.05, 4.69) is 95.7 Å². The highest BCUT2D eigenvalue weighted by atomic mass is 32.2. The molecule has 0 bridgehead atoms. The second kappa shape index (κ2) is 10.2. The standard InChI is InChI=1S/C31H44N2OS/c1-11-25(27-17-16-21-14-12-13-15-26(21)32-27)28(33-35(34)31(8,9)10)22-18-23(29(2,3)4)20-24(19-22)30(5,6)7/h12-20,25,28,33H,11H2,1-10H3/t25?,28-,35?/m0/s1. The summed E-state index contributed by atoms with van der Waals surface area (Å²) < 4.78 is 16.6. The van der Waals surface area contributed by atoms with Gasteiger partial charge in [-0.1, -0.05) is 90.9 Å². The van der Waals surface area contributed by atoms with Gasteiger partial charge in [0.05, 0.1) is 11.6 Å². The molecule has 0 radical (unpaired) electrons. The van der Waals surface area contributed by atoms with E-state index in [-0.39, 0.29) is 27.5 Å². The average Bonchev–Trinajstić information content (AvgIpc) is 2.76. The molecule has 0 aliphatic heterocycles. The molecule has 0 saturated carbocycles. The van der Waals surface area contributed by atoms with Gasteiger partial charge in [-0.2, -0.15) is 0 Å². The molecule has 190 valence electrons. The Morgan fingerprint density at radius 2 is 1.40 bits per heavy atom. The van der Waals surface area contributed by atoms with Crippen molar-refractivity contribution >= 4 is 22.3 Å². The number of para-hydroxylation sites is 1. The predicted molar refractivity (Wildman–Crippen MR) is 152 cm³/mol. The minimum absolute atomic E-state index is 0.00660. The summed E-state index contributed by atoms with van der Waals surface area (Å²) in [7, 11) is 0. The third-order valence-corrected chi connectivity index (χ3v) is 8.26. The van der Waals surface area contributed by atoms with Crippen LogP contribution >= 0.6 is 0 Å². The Hall–Kier alpha value is -1.88. The molecule has 1 heterocycles. The Labute approximate surface area is 216 Å². The fourth-order valence-corrected chi connectivity index (χ4v) is 5.16. The van der Waals surface area contributed by atoms with E-state index in [0.717, 1.165) is 23.0 Å². The van der Waals surface area contributed by atoms with Crippen molar-refractivity contribution in [3.8, 4) is 0 Å². The van der Waals surface area contributed by atoms with E-state index in [9.17, 15) is 4.55 Å². The van der Waals surface area contributed by atoms with Crippen LogP contribution in [0.25, 0.3) is 10.9 Å². The first-order valence-electron chi connectivity index (χ1n) is 12.8. The molecule has 0 aliphatic rings. The molecule has 0 spiro atoms. The third kappa shape index (κ3) is 6.67. The summed E-state index contributed by atoms with van der Waals surface area (Å²) in [6.07, 6.45) is 0.884. The van der Waals surface area contributed by atoms with Gasteiger partial charge < -0.3 is 4.55 Å². The second-order valence-electron chi connectivity index (χ2n) is 12.8. The van der Waals surface area contributed by atoms with Crippen LogP contribution in [-0.4, -0.2) is 14.3 Å². The molecule has 3 nitrogen and oxygen atoms in total. The summed E-state index contributed by atoms with van der Waals surface area (Å²) in [5.41, 5.74) is 5.83. The van der Waals surface area contributed by atoms with Gasteiger partial charge in [0.15, 0.2) is 0 Å². The van der Waals surface area contributed by atoms with Crippen LogP contribution < -0.4 is 4.72 Å². The van der Waals surface area contributed by atoms with Crippen LogP contribution in [0.2, 0.25) is 0 Å². The maximum absolute atomic E-state index is 13.5. The molecular formula is C31H44N2OS. The van der Waals surface area contributed by atoms with Gasteiger partial charge in [-0.25, -0.2) is 0 Å². The lowest BCUT2D eigenvalue weighted by Gasteiger charge is -2.34. The first kappa shape index (κ1) is 27.7. The Kier molecular flexibility index (Phi) is 8.10. The van der Waals surface area contributed by atoms with Crippen molar-refractivity contribution in [3.63, 3.8) is 0 Å². The number of fused-ring (bicyclic) bond motifs is 1. The molecule has 35 heavy (non-hydrogen) atoms. The van der Waals surface area contributed by atoms with Crippen LogP contribution in [0.1, 0.15) is 110 Å². The number of rotatable bonds is 6. The van der Waals surface area contributed by atoms with E-state index in [1.807, 2.05) is 32.9 Å². The lowest BCUT2D eigenvalue weighted by Crippen LogP contribution is -2.43. The summed E-state index contributed by atoms with van der Waals surface area (Å²) in [6.45, 7) is 21.8. The van der Waals surface area contributed by atoms with Crippen molar-refractivity contribution in [3.05, 3.63) is 77.0 Å². The molecule has 3 atom stereocenters. The smallest absolute Gasteiger partial charge is 0.136 e. The van der Waals surface area contributed by atoms with Crippen molar-refractivity contribution in [1.82, 2.24) is 9.71 Å². The normalized spacial score (nSPS) is 15.7. The quantitative estimate of drug-likeness (QED) is 0.353. The number of aromatic nitrogens is 1. The number of pyridine rings is 1. The molecule has 0 saturated heterocycles. The minimum atomic E-state index is -1.22. The molecule has 2 aromatic carbocycles. The topological polar surface area (TPSA) is 48.0 Å². The highest BCUT2D eigenvalue weighted by Gasteiger charge is 2.35. The molecule has 1 N–H and O–H groups in total. The maximum atomic E-state index is 13.5. The zero-order valence-electron chi connectivity index (χ0n) is 23.3. The van der Waals surface area contributed by atoms with Gasteiger partial charge in [-0.05, 0) is 66.8 Å². The van der Waals surface area contributed by atoms with Crippen LogP contribution in [-0.2, 0) is 22.2 Å². The summed E-state index contributed by atoms with van der Waals surface area (Å²) in [4.78, 5) is 5.07. The summed E-state index contributed by atoms with van der Waals surface area (Å²) in [5, 5.41) is 1.14. The number of hydrogen-bond donors (Lipinski definition) is 1. The SMILES string of the molecule is CCC(c1ccc2ccccc2n1)[C@@H](N[S+]([O-])C(C)(C)C)c1cc(C(C)(C)C)cc(C(C)(C)C)c1. The van der Waals surface area contributed by atoms with Gasteiger partial charge >= 0.3 is 0 Å². The number of nitrogens with one attached hydrogen (secondary N) is 1. The molecule has 3 rings (SSSR count). The highest BCUT2D eigenvalue weighted by molar-refractivity contribution is 7.90. The van der Waals surface area contributed by atoms with Gasteiger partial charge in [-0.3, -0.25) is 4.98 Å². The molecule has 2 unspecified atom stereocenters. The summed E-state index contributed by atoms with van der Waals surface area (Å²) in [6, 6.07) is 19.4. The molecule has 4 heteroatoms. The van der Waals surface area contributed by atoms with E-state index in [4.69, 9.17) is 4.98 Å². The van der Waals surface area contributed by atoms with Gasteiger partial charge in [0, 0.05) is 28.4 Å². The Bertz CT molecular complexity index is 1120. The monoisotopic (exact) mass is 492 g/mol. The number of nitrogens with zero attached hydrogens (tertiary/aromatic N) is 1.